The Hall–Kier alpha value is -3.54. The third-order valence-corrected chi connectivity index (χ3v) is 6.88. The van der Waals surface area contributed by atoms with Crippen LogP contribution in [0.1, 0.15) is 27.9 Å². The van der Waals surface area contributed by atoms with Crippen LogP contribution in [0.3, 0.4) is 0 Å². The van der Waals surface area contributed by atoms with Crippen molar-refractivity contribution in [3.63, 3.8) is 0 Å². The Kier molecular flexibility index (Phi) is 6.13. The van der Waals surface area contributed by atoms with E-state index in [-0.39, 0.29) is 18.1 Å². The number of aromatic nitrogens is 1. The van der Waals surface area contributed by atoms with Gasteiger partial charge in [0.1, 0.15) is 5.70 Å². The molecule has 3 aromatic carbocycles. The number of imide groups is 1. The van der Waals surface area contributed by atoms with Gasteiger partial charge in [0.25, 0.3) is 5.91 Å². The maximum Gasteiger partial charge on any atom is 0.329 e. The molecule has 0 bridgehead atoms. The Labute approximate surface area is 213 Å². The predicted octanol–water partition coefficient (Wildman–Crippen LogP) is 6.71. The summed E-state index contributed by atoms with van der Waals surface area (Å²) in [5.41, 5.74) is 6.04. The second-order valence-electron chi connectivity index (χ2n) is 8.71. The van der Waals surface area contributed by atoms with Crippen LogP contribution in [0.4, 0.5) is 4.79 Å². The monoisotopic (exact) mass is 503 g/mol. The molecule has 0 aliphatic carbocycles. The van der Waals surface area contributed by atoms with Crippen LogP contribution < -0.4 is 5.32 Å². The molecule has 5 nitrogen and oxygen atoms in total. The first-order chi connectivity index (χ1) is 16.8. The summed E-state index contributed by atoms with van der Waals surface area (Å²) in [6.07, 6.45) is 1.77. The number of nitrogens with zero attached hydrogens (tertiary/aromatic N) is 2. The van der Waals surface area contributed by atoms with Gasteiger partial charge in [-0.05, 0) is 49.2 Å². The Morgan fingerprint density at radius 2 is 1.71 bits per heavy atom. The molecule has 1 aliphatic rings. The zero-order valence-corrected chi connectivity index (χ0v) is 20.8. The smallest absolute Gasteiger partial charge is 0.329 e. The third kappa shape index (κ3) is 4.45. The molecule has 0 unspecified atom stereocenters. The van der Waals surface area contributed by atoms with Crippen molar-refractivity contribution in [1.29, 1.82) is 0 Å². The van der Waals surface area contributed by atoms with Gasteiger partial charge >= 0.3 is 6.03 Å². The SMILES string of the molecule is Cc1cccc(CN2C(=O)N/C(=C/c3c(C)n(Cc4ccc(Cl)cc4Cl)c4ccccc34)C2=O)c1. The van der Waals surface area contributed by atoms with Crippen molar-refractivity contribution in [2.75, 3.05) is 0 Å². The van der Waals surface area contributed by atoms with Gasteiger partial charge in [0, 0.05) is 38.8 Å². The van der Waals surface area contributed by atoms with E-state index in [1.807, 2.05) is 74.5 Å². The summed E-state index contributed by atoms with van der Waals surface area (Å²) >= 11 is 12.5. The summed E-state index contributed by atoms with van der Waals surface area (Å²) in [4.78, 5) is 27.1. The minimum Gasteiger partial charge on any atom is -0.340 e. The molecule has 1 fully saturated rings. The zero-order chi connectivity index (χ0) is 24.7. The van der Waals surface area contributed by atoms with Crippen molar-refractivity contribution in [1.82, 2.24) is 14.8 Å². The molecular formula is C28H23Cl2N3O2. The van der Waals surface area contributed by atoms with Crippen molar-refractivity contribution in [3.05, 3.63) is 110 Å². The van der Waals surface area contributed by atoms with Crippen molar-refractivity contribution in [3.8, 4) is 0 Å². The molecule has 0 atom stereocenters. The quantitative estimate of drug-likeness (QED) is 0.243. The summed E-state index contributed by atoms with van der Waals surface area (Å²) < 4.78 is 2.16. The van der Waals surface area contributed by atoms with E-state index in [1.165, 1.54) is 4.90 Å². The maximum absolute atomic E-state index is 13.2. The number of carbonyl (C=O) groups is 2. The number of hydrogen-bond donors (Lipinski definition) is 1. The van der Waals surface area contributed by atoms with Gasteiger partial charge in [-0.3, -0.25) is 9.69 Å². The number of amides is 3. The van der Waals surface area contributed by atoms with Gasteiger partial charge < -0.3 is 9.88 Å². The topological polar surface area (TPSA) is 54.3 Å². The molecule has 5 rings (SSSR count). The van der Waals surface area contributed by atoms with Gasteiger partial charge in [-0.1, -0.05) is 77.3 Å². The highest BCUT2D eigenvalue weighted by atomic mass is 35.5. The average molecular weight is 504 g/mol. The lowest BCUT2D eigenvalue weighted by Crippen LogP contribution is -2.30. The summed E-state index contributed by atoms with van der Waals surface area (Å²) in [6, 6.07) is 20.8. The van der Waals surface area contributed by atoms with E-state index >= 15 is 0 Å². The normalized spacial score (nSPS) is 14.9. The number of para-hydroxylation sites is 1. The van der Waals surface area contributed by atoms with E-state index in [1.54, 1.807) is 12.1 Å². The van der Waals surface area contributed by atoms with Gasteiger partial charge in [0.05, 0.1) is 6.54 Å². The summed E-state index contributed by atoms with van der Waals surface area (Å²) in [5, 5.41) is 4.93. The third-order valence-electron chi connectivity index (χ3n) is 6.30. The van der Waals surface area contributed by atoms with E-state index < -0.39 is 6.03 Å². The summed E-state index contributed by atoms with van der Waals surface area (Å²) in [7, 11) is 0. The van der Waals surface area contributed by atoms with E-state index in [4.69, 9.17) is 23.2 Å². The number of aryl methyl sites for hydroxylation is 1. The molecule has 1 saturated heterocycles. The van der Waals surface area contributed by atoms with E-state index in [9.17, 15) is 9.59 Å². The van der Waals surface area contributed by atoms with Crippen molar-refractivity contribution >= 4 is 52.1 Å². The molecule has 1 N–H and O–H groups in total. The minimum atomic E-state index is -0.419. The van der Waals surface area contributed by atoms with E-state index in [0.717, 1.165) is 38.9 Å². The van der Waals surface area contributed by atoms with Gasteiger partial charge in [0.2, 0.25) is 0 Å². The lowest BCUT2D eigenvalue weighted by atomic mass is 10.1. The number of fused-ring (bicyclic) bond motifs is 1. The fourth-order valence-electron chi connectivity index (χ4n) is 4.52. The molecule has 0 radical (unpaired) electrons. The molecule has 0 saturated carbocycles. The molecular weight excluding hydrogens is 481 g/mol. The number of urea groups is 1. The number of rotatable bonds is 5. The molecule has 3 amide bonds. The van der Waals surface area contributed by atoms with Crippen molar-refractivity contribution in [2.45, 2.75) is 26.9 Å². The molecule has 2 heterocycles. The van der Waals surface area contributed by atoms with Crippen LogP contribution in [0.2, 0.25) is 10.0 Å². The van der Waals surface area contributed by atoms with Crippen LogP contribution in [-0.2, 0) is 17.9 Å². The molecule has 0 spiro atoms. The summed E-state index contributed by atoms with van der Waals surface area (Å²) in [5.74, 6) is -0.339. The Morgan fingerprint density at radius 1 is 0.914 bits per heavy atom. The highest BCUT2D eigenvalue weighted by Gasteiger charge is 2.34. The van der Waals surface area contributed by atoms with Crippen LogP contribution >= 0.6 is 23.2 Å². The molecule has 176 valence electrons. The first-order valence-corrected chi connectivity index (χ1v) is 12.0. The lowest BCUT2D eigenvalue weighted by molar-refractivity contribution is -0.123. The van der Waals surface area contributed by atoms with E-state index in [0.29, 0.717) is 16.6 Å². The van der Waals surface area contributed by atoms with Crippen LogP contribution in [0.5, 0.6) is 0 Å². The molecule has 7 heteroatoms. The Morgan fingerprint density at radius 3 is 2.49 bits per heavy atom. The highest BCUT2D eigenvalue weighted by molar-refractivity contribution is 6.35. The van der Waals surface area contributed by atoms with Crippen molar-refractivity contribution < 1.29 is 9.59 Å². The second kappa shape index (κ2) is 9.25. The zero-order valence-electron chi connectivity index (χ0n) is 19.3. The standard InChI is InChI=1S/C28H23Cl2N3O2/c1-17-6-5-7-19(12-17)15-33-27(34)25(31-28(33)35)14-23-18(2)32(26-9-4-3-8-22(23)26)16-20-10-11-21(29)13-24(20)30/h3-14H,15-16H2,1-2H3,(H,31,35)/b25-14+. The predicted molar refractivity (Wildman–Crippen MR) is 140 cm³/mol. The minimum absolute atomic E-state index is 0.222. The number of nitrogens with one attached hydrogen (secondary N) is 1. The van der Waals surface area contributed by atoms with Crippen molar-refractivity contribution in [2.24, 2.45) is 0 Å². The Balaban J connectivity index is 1.51. The van der Waals surface area contributed by atoms with Crippen LogP contribution in [0.15, 0.2) is 72.4 Å². The highest BCUT2D eigenvalue weighted by Crippen LogP contribution is 2.31. The van der Waals surface area contributed by atoms with E-state index in [2.05, 4.69) is 9.88 Å². The molecule has 1 aromatic heterocycles. The summed E-state index contributed by atoms with van der Waals surface area (Å²) in [6.45, 7) is 4.75. The number of carbonyl (C=O) groups excluding carboxylic acids is 2. The van der Waals surface area contributed by atoms with Crippen LogP contribution in [0.25, 0.3) is 17.0 Å². The largest absolute Gasteiger partial charge is 0.340 e. The fraction of sp³-hybridized carbons (Fsp3) is 0.143. The van der Waals surface area contributed by atoms with Crippen LogP contribution in [0, 0.1) is 13.8 Å². The first-order valence-electron chi connectivity index (χ1n) is 11.2. The number of halogens is 2. The van der Waals surface area contributed by atoms with Gasteiger partial charge in [-0.25, -0.2) is 4.79 Å². The first kappa shape index (κ1) is 23.2. The number of hydrogen-bond acceptors (Lipinski definition) is 2. The van der Waals surface area contributed by atoms with Gasteiger partial charge in [-0.15, -0.1) is 0 Å². The maximum atomic E-state index is 13.2. The van der Waals surface area contributed by atoms with Crippen LogP contribution in [-0.4, -0.2) is 21.4 Å². The lowest BCUT2D eigenvalue weighted by Gasteiger charge is -2.12. The Bertz CT molecular complexity index is 1520. The average Bonchev–Trinajstić information content (AvgIpc) is 3.24. The molecule has 1 aliphatic heterocycles. The number of benzene rings is 3. The van der Waals surface area contributed by atoms with Gasteiger partial charge in [0.15, 0.2) is 0 Å². The molecule has 35 heavy (non-hydrogen) atoms. The fourth-order valence-corrected chi connectivity index (χ4v) is 4.98. The second-order valence-corrected chi connectivity index (χ2v) is 9.55. The molecule has 4 aromatic rings. The van der Waals surface area contributed by atoms with Gasteiger partial charge in [-0.2, -0.15) is 0 Å².